The molecule has 66 valence electrons. The van der Waals surface area contributed by atoms with Gasteiger partial charge in [0.15, 0.2) is 11.5 Å². The van der Waals surface area contributed by atoms with Crippen LogP contribution in [-0.4, -0.2) is 19.2 Å². The van der Waals surface area contributed by atoms with E-state index in [-0.39, 0.29) is 0 Å². The van der Waals surface area contributed by atoms with E-state index in [9.17, 15) is 0 Å². The molecule has 2 N–H and O–H groups in total. The number of nitrogens with zero attached hydrogens (tertiary/aromatic N) is 1. The number of nitrogens with two attached hydrogens (primary N) is 1. The Kier molecular flexibility index (Phi) is 2.88. The first-order valence-corrected chi connectivity index (χ1v) is 3.58. The highest BCUT2D eigenvalue weighted by molar-refractivity contribution is 5.38. The standard InChI is InChI=1S/C8H12N2O2/c1-11-7-3-6(4-9)10-5-8(7)12-2/h3,5H,4,9H2,1-2H3. The highest BCUT2D eigenvalue weighted by Crippen LogP contribution is 2.25. The van der Waals surface area contributed by atoms with E-state index in [0.717, 1.165) is 5.69 Å². The minimum Gasteiger partial charge on any atom is -0.493 e. The average molecular weight is 168 g/mol. The van der Waals surface area contributed by atoms with Crippen LogP contribution in [-0.2, 0) is 6.54 Å². The van der Waals surface area contributed by atoms with Crippen molar-refractivity contribution in [1.29, 1.82) is 0 Å². The molecule has 0 bridgehead atoms. The smallest absolute Gasteiger partial charge is 0.179 e. The summed E-state index contributed by atoms with van der Waals surface area (Å²) in [5, 5.41) is 0. The molecule has 0 amide bonds. The molecule has 1 rings (SSSR count). The summed E-state index contributed by atoms with van der Waals surface area (Å²) in [6, 6.07) is 1.76. The molecular weight excluding hydrogens is 156 g/mol. The fraction of sp³-hybridized carbons (Fsp3) is 0.375. The second-order valence-electron chi connectivity index (χ2n) is 2.23. The van der Waals surface area contributed by atoms with Crippen LogP contribution in [0.15, 0.2) is 12.3 Å². The summed E-state index contributed by atoms with van der Waals surface area (Å²) in [5.41, 5.74) is 6.19. The third kappa shape index (κ3) is 1.65. The van der Waals surface area contributed by atoms with E-state index in [2.05, 4.69) is 4.98 Å². The van der Waals surface area contributed by atoms with Gasteiger partial charge in [0, 0.05) is 12.6 Å². The third-order valence-corrected chi connectivity index (χ3v) is 1.54. The maximum Gasteiger partial charge on any atom is 0.179 e. The normalized spacial score (nSPS) is 9.58. The monoisotopic (exact) mass is 168 g/mol. The Morgan fingerprint density at radius 2 is 2.00 bits per heavy atom. The van der Waals surface area contributed by atoms with E-state index >= 15 is 0 Å². The van der Waals surface area contributed by atoms with Gasteiger partial charge in [0.25, 0.3) is 0 Å². The Bertz CT molecular complexity index is 263. The maximum atomic E-state index is 5.41. The van der Waals surface area contributed by atoms with Crippen molar-refractivity contribution in [2.75, 3.05) is 14.2 Å². The number of rotatable bonds is 3. The minimum atomic E-state index is 0.403. The molecular formula is C8H12N2O2. The molecule has 0 unspecified atom stereocenters. The Labute approximate surface area is 71.3 Å². The molecule has 0 aliphatic rings. The summed E-state index contributed by atoms with van der Waals surface area (Å²) in [7, 11) is 3.15. The Morgan fingerprint density at radius 3 is 2.50 bits per heavy atom. The quantitative estimate of drug-likeness (QED) is 0.716. The van der Waals surface area contributed by atoms with E-state index in [1.807, 2.05) is 0 Å². The van der Waals surface area contributed by atoms with Gasteiger partial charge >= 0.3 is 0 Å². The lowest BCUT2D eigenvalue weighted by molar-refractivity contribution is 0.352. The molecule has 0 aliphatic heterocycles. The second-order valence-corrected chi connectivity index (χ2v) is 2.23. The van der Waals surface area contributed by atoms with Crippen molar-refractivity contribution in [1.82, 2.24) is 4.98 Å². The van der Waals surface area contributed by atoms with E-state index in [1.54, 1.807) is 26.5 Å². The number of ether oxygens (including phenoxy) is 2. The zero-order valence-electron chi connectivity index (χ0n) is 7.20. The van der Waals surface area contributed by atoms with Gasteiger partial charge < -0.3 is 15.2 Å². The van der Waals surface area contributed by atoms with Crippen molar-refractivity contribution in [3.63, 3.8) is 0 Å². The number of hydrogen-bond acceptors (Lipinski definition) is 4. The molecule has 0 aliphatic carbocycles. The molecule has 12 heavy (non-hydrogen) atoms. The second kappa shape index (κ2) is 3.92. The molecule has 1 aromatic heterocycles. The molecule has 0 atom stereocenters. The van der Waals surface area contributed by atoms with Crippen molar-refractivity contribution >= 4 is 0 Å². The lowest BCUT2D eigenvalue weighted by Gasteiger charge is -2.07. The Hall–Kier alpha value is -1.29. The van der Waals surface area contributed by atoms with Crippen molar-refractivity contribution in [3.05, 3.63) is 18.0 Å². The fourth-order valence-electron chi connectivity index (χ4n) is 0.889. The molecule has 0 spiro atoms. The van der Waals surface area contributed by atoms with Gasteiger partial charge in [-0.2, -0.15) is 0 Å². The van der Waals surface area contributed by atoms with Crippen molar-refractivity contribution in [2.24, 2.45) is 5.73 Å². The predicted octanol–water partition coefficient (Wildman–Crippen LogP) is 0.557. The zero-order chi connectivity index (χ0) is 8.97. The van der Waals surface area contributed by atoms with Gasteiger partial charge in [0.1, 0.15) is 0 Å². The molecule has 1 heterocycles. The minimum absolute atomic E-state index is 0.403. The highest BCUT2D eigenvalue weighted by atomic mass is 16.5. The number of hydrogen-bond donors (Lipinski definition) is 1. The molecule has 1 aromatic rings. The molecule has 0 radical (unpaired) electrons. The SMILES string of the molecule is COc1cnc(CN)cc1OC. The van der Waals surface area contributed by atoms with Crippen molar-refractivity contribution in [2.45, 2.75) is 6.54 Å². The van der Waals surface area contributed by atoms with Crippen LogP contribution in [0.25, 0.3) is 0 Å². The van der Waals surface area contributed by atoms with Crippen molar-refractivity contribution < 1.29 is 9.47 Å². The third-order valence-electron chi connectivity index (χ3n) is 1.54. The van der Waals surface area contributed by atoms with Crippen molar-refractivity contribution in [3.8, 4) is 11.5 Å². The van der Waals surface area contributed by atoms with Crippen LogP contribution in [0.3, 0.4) is 0 Å². The lowest BCUT2D eigenvalue weighted by Crippen LogP contribution is -2.01. The van der Waals surface area contributed by atoms with Crippen LogP contribution in [0.1, 0.15) is 5.69 Å². The molecule has 0 fully saturated rings. The number of methoxy groups -OCH3 is 2. The van der Waals surface area contributed by atoms with E-state index in [0.29, 0.717) is 18.0 Å². The highest BCUT2D eigenvalue weighted by Gasteiger charge is 2.03. The van der Waals surface area contributed by atoms with Crippen LogP contribution < -0.4 is 15.2 Å². The molecule has 0 saturated carbocycles. The number of pyridine rings is 1. The Morgan fingerprint density at radius 1 is 1.33 bits per heavy atom. The molecule has 4 nitrogen and oxygen atoms in total. The fourth-order valence-corrected chi connectivity index (χ4v) is 0.889. The largest absolute Gasteiger partial charge is 0.493 e. The summed E-state index contributed by atoms with van der Waals surface area (Å²) < 4.78 is 10.1. The summed E-state index contributed by atoms with van der Waals surface area (Å²) in [6.07, 6.45) is 1.60. The lowest BCUT2D eigenvalue weighted by atomic mass is 10.3. The maximum absolute atomic E-state index is 5.41. The van der Waals surface area contributed by atoms with Crippen LogP contribution in [0, 0.1) is 0 Å². The Balaban J connectivity index is 3.02. The van der Waals surface area contributed by atoms with Gasteiger partial charge in [-0.15, -0.1) is 0 Å². The van der Waals surface area contributed by atoms with Gasteiger partial charge in [-0.05, 0) is 0 Å². The zero-order valence-corrected chi connectivity index (χ0v) is 7.20. The summed E-state index contributed by atoms with van der Waals surface area (Å²) in [5.74, 6) is 1.28. The molecule has 0 aromatic carbocycles. The summed E-state index contributed by atoms with van der Waals surface area (Å²) >= 11 is 0. The first kappa shape index (κ1) is 8.80. The van der Waals surface area contributed by atoms with Crippen LogP contribution >= 0.6 is 0 Å². The van der Waals surface area contributed by atoms with Gasteiger partial charge in [0.2, 0.25) is 0 Å². The van der Waals surface area contributed by atoms with Crippen LogP contribution in [0.4, 0.5) is 0 Å². The molecule has 4 heteroatoms. The van der Waals surface area contributed by atoms with E-state index < -0.39 is 0 Å². The van der Waals surface area contributed by atoms with Gasteiger partial charge in [-0.1, -0.05) is 0 Å². The van der Waals surface area contributed by atoms with Gasteiger partial charge in [0.05, 0.1) is 26.1 Å². The van der Waals surface area contributed by atoms with Gasteiger partial charge in [-0.25, -0.2) is 0 Å². The average Bonchev–Trinajstić information content (AvgIpc) is 2.16. The van der Waals surface area contributed by atoms with Gasteiger partial charge in [-0.3, -0.25) is 4.98 Å². The number of aromatic nitrogens is 1. The first-order chi connectivity index (χ1) is 5.81. The first-order valence-electron chi connectivity index (χ1n) is 3.58. The summed E-state index contributed by atoms with van der Waals surface area (Å²) in [6.45, 7) is 0.403. The molecule has 0 saturated heterocycles. The van der Waals surface area contributed by atoms with Crippen LogP contribution in [0.2, 0.25) is 0 Å². The van der Waals surface area contributed by atoms with E-state index in [4.69, 9.17) is 15.2 Å². The summed E-state index contributed by atoms with van der Waals surface area (Å²) in [4.78, 5) is 4.05. The topological polar surface area (TPSA) is 57.4 Å². The van der Waals surface area contributed by atoms with Crippen LogP contribution in [0.5, 0.6) is 11.5 Å². The predicted molar refractivity (Wildman–Crippen MR) is 45.2 cm³/mol. The van der Waals surface area contributed by atoms with E-state index in [1.165, 1.54) is 0 Å².